The molecule has 190 valence electrons. The molecular weight excluding hydrogens is 408 g/mol. The lowest BCUT2D eigenvalue weighted by Gasteiger charge is -2.62. The minimum Gasteiger partial charge on any atom is -0.393 e. The van der Waals surface area contributed by atoms with Crippen molar-refractivity contribution in [2.75, 3.05) is 6.61 Å². The fourth-order valence-corrected chi connectivity index (χ4v) is 7.01. The largest absolute Gasteiger partial charge is 0.393 e. The number of fused-ring (bicyclic) bond motifs is 1. The molecule has 5 atom stereocenters. The van der Waals surface area contributed by atoms with Crippen LogP contribution in [0.2, 0.25) is 0 Å². The lowest BCUT2D eigenvalue weighted by atomic mass is 9.44. The van der Waals surface area contributed by atoms with Crippen molar-refractivity contribution >= 4 is 0 Å². The molecule has 0 saturated heterocycles. The fraction of sp³-hybridized carbons (Fsp3) is 0.800. The van der Waals surface area contributed by atoms with Gasteiger partial charge in [0.1, 0.15) is 0 Å². The van der Waals surface area contributed by atoms with Gasteiger partial charge < -0.3 is 15.3 Å². The van der Waals surface area contributed by atoms with Gasteiger partial charge in [-0.05, 0) is 115 Å². The van der Waals surface area contributed by atoms with Gasteiger partial charge in [0.15, 0.2) is 0 Å². The van der Waals surface area contributed by atoms with Gasteiger partial charge in [-0.1, -0.05) is 55.7 Å². The van der Waals surface area contributed by atoms with Gasteiger partial charge in [0.25, 0.3) is 0 Å². The molecule has 0 amide bonds. The molecule has 0 aromatic carbocycles. The maximum Gasteiger partial charge on any atom is 0.0653 e. The van der Waals surface area contributed by atoms with Gasteiger partial charge in [-0.25, -0.2) is 0 Å². The standard InChI is InChI=1S/C30H52O3/c1-22(13-9-15-24(3)21-31)11-8-12-23(2)14-10-16-26-29(6)19-18-27(32)28(4,5)25(29)17-20-30(26,7)33/h11,14-15,25-27,31-33H,8-10,12-13,16-21H2,1-7H3/b22-11+,23-14+,24-15+/t25-,26?,27-,29-,30+/m0/s1. The van der Waals surface area contributed by atoms with Gasteiger partial charge in [-0.2, -0.15) is 0 Å². The highest BCUT2D eigenvalue weighted by molar-refractivity contribution is 5.11. The van der Waals surface area contributed by atoms with Gasteiger partial charge in [0, 0.05) is 0 Å². The van der Waals surface area contributed by atoms with Gasteiger partial charge in [-0.15, -0.1) is 0 Å². The van der Waals surface area contributed by atoms with Crippen molar-refractivity contribution in [3.05, 3.63) is 34.9 Å². The number of hydrogen-bond donors (Lipinski definition) is 3. The Morgan fingerprint density at radius 2 is 1.36 bits per heavy atom. The summed E-state index contributed by atoms with van der Waals surface area (Å²) in [6.45, 7) is 15.5. The molecule has 3 heteroatoms. The normalized spacial score (nSPS) is 35.5. The molecule has 0 bridgehead atoms. The first-order valence-electron chi connectivity index (χ1n) is 13.3. The average Bonchev–Trinajstić information content (AvgIpc) is 2.72. The van der Waals surface area contributed by atoms with Crippen LogP contribution in [0.4, 0.5) is 0 Å². The van der Waals surface area contributed by atoms with Gasteiger partial charge in [-0.3, -0.25) is 0 Å². The molecule has 0 aromatic rings. The molecule has 1 unspecified atom stereocenters. The summed E-state index contributed by atoms with van der Waals surface area (Å²) in [7, 11) is 0. The molecule has 2 rings (SSSR count). The molecular formula is C30H52O3. The van der Waals surface area contributed by atoms with E-state index < -0.39 is 5.60 Å². The number of aliphatic hydroxyl groups is 3. The molecule has 2 aliphatic rings. The van der Waals surface area contributed by atoms with Crippen LogP contribution in [-0.4, -0.2) is 33.6 Å². The second-order valence-corrected chi connectivity index (χ2v) is 12.3. The van der Waals surface area contributed by atoms with E-state index in [2.05, 4.69) is 59.8 Å². The first kappa shape index (κ1) is 28.3. The molecule has 2 aliphatic carbocycles. The van der Waals surface area contributed by atoms with Crippen LogP contribution in [0.5, 0.6) is 0 Å². The third kappa shape index (κ3) is 7.05. The minimum absolute atomic E-state index is 0.0791. The minimum atomic E-state index is -0.617. The zero-order chi connectivity index (χ0) is 24.9. The summed E-state index contributed by atoms with van der Waals surface area (Å²) < 4.78 is 0. The van der Waals surface area contributed by atoms with Crippen molar-refractivity contribution in [2.45, 2.75) is 124 Å². The highest BCUT2D eigenvalue weighted by Gasteiger charge is 2.59. The molecule has 2 saturated carbocycles. The smallest absolute Gasteiger partial charge is 0.0653 e. The summed E-state index contributed by atoms with van der Waals surface area (Å²) in [4.78, 5) is 0. The van der Waals surface area contributed by atoms with E-state index >= 15 is 0 Å². The number of rotatable bonds is 10. The summed E-state index contributed by atoms with van der Waals surface area (Å²) in [5.74, 6) is 0.741. The Balaban J connectivity index is 1.92. The first-order chi connectivity index (χ1) is 15.3. The molecule has 3 N–H and O–H groups in total. The van der Waals surface area contributed by atoms with Crippen LogP contribution in [-0.2, 0) is 0 Å². The maximum absolute atomic E-state index is 11.4. The van der Waals surface area contributed by atoms with Crippen molar-refractivity contribution < 1.29 is 15.3 Å². The number of aliphatic hydroxyl groups excluding tert-OH is 2. The highest BCUT2D eigenvalue weighted by atomic mass is 16.3. The quantitative estimate of drug-likeness (QED) is 0.304. The second kappa shape index (κ2) is 11.7. The van der Waals surface area contributed by atoms with E-state index in [1.54, 1.807) is 0 Å². The van der Waals surface area contributed by atoms with E-state index in [0.717, 1.165) is 69.8 Å². The zero-order valence-corrected chi connectivity index (χ0v) is 22.6. The van der Waals surface area contributed by atoms with Crippen LogP contribution < -0.4 is 0 Å². The van der Waals surface area contributed by atoms with Crippen LogP contribution in [0.3, 0.4) is 0 Å². The topological polar surface area (TPSA) is 60.7 Å². The molecule has 0 radical (unpaired) electrons. The van der Waals surface area contributed by atoms with Crippen molar-refractivity contribution in [3.63, 3.8) is 0 Å². The summed E-state index contributed by atoms with van der Waals surface area (Å²) >= 11 is 0. The van der Waals surface area contributed by atoms with Gasteiger partial charge >= 0.3 is 0 Å². The van der Waals surface area contributed by atoms with Crippen LogP contribution in [0.15, 0.2) is 34.9 Å². The summed E-state index contributed by atoms with van der Waals surface area (Å²) in [5, 5.41) is 31.1. The summed E-state index contributed by atoms with van der Waals surface area (Å²) in [6, 6.07) is 0. The van der Waals surface area contributed by atoms with Crippen molar-refractivity contribution in [1.29, 1.82) is 0 Å². The second-order valence-electron chi connectivity index (χ2n) is 12.3. The average molecular weight is 461 g/mol. The third-order valence-corrected chi connectivity index (χ3v) is 9.26. The molecule has 33 heavy (non-hydrogen) atoms. The first-order valence-corrected chi connectivity index (χ1v) is 13.3. The molecule has 0 spiro atoms. The van der Waals surface area contributed by atoms with Crippen molar-refractivity contribution in [2.24, 2.45) is 22.7 Å². The Kier molecular flexibility index (Phi) is 10.0. The van der Waals surface area contributed by atoms with E-state index in [1.807, 2.05) is 6.92 Å². The Hall–Kier alpha value is -0.900. The predicted molar refractivity (Wildman–Crippen MR) is 140 cm³/mol. The molecule has 2 fully saturated rings. The fourth-order valence-electron chi connectivity index (χ4n) is 7.01. The lowest BCUT2D eigenvalue weighted by molar-refractivity contribution is -0.195. The van der Waals surface area contributed by atoms with Crippen molar-refractivity contribution in [1.82, 2.24) is 0 Å². The maximum atomic E-state index is 11.4. The van der Waals surface area contributed by atoms with E-state index in [9.17, 15) is 10.2 Å². The summed E-state index contributed by atoms with van der Waals surface area (Å²) in [6.07, 6.45) is 16.6. The molecule has 0 aliphatic heterocycles. The SMILES string of the molecule is C/C(=C\CC/C(C)=C/CC/C(C)=C/CCC1[C@](C)(O)CC[C@H]2C(C)(C)[C@@H](O)CC[C@]12C)CO. The van der Waals surface area contributed by atoms with Gasteiger partial charge in [0.05, 0.1) is 18.3 Å². The van der Waals surface area contributed by atoms with E-state index in [1.165, 1.54) is 11.1 Å². The Bertz CT molecular complexity index is 727. The van der Waals surface area contributed by atoms with Crippen molar-refractivity contribution in [3.8, 4) is 0 Å². The van der Waals surface area contributed by atoms with Crippen LogP contribution in [0.25, 0.3) is 0 Å². The number of hydrogen-bond acceptors (Lipinski definition) is 3. The summed E-state index contributed by atoms with van der Waals surface area (Å²) in [5.41, 5.74) is 3.30. The van der Waals surface area contributed by atoms with E-state index in [-0.39, 0.29) is 29.5 Å². The number of allylic oxidation sites excluding steroid dienone is 5. The van der Waals surface area contributed by atoms with Gasteiger partial charge in [0.2, 0.25) is 0 Å². The molecule has 3 nitrogen and oxygen atoms in total. The predicted octanol–water partition coefficient (Wildman–Crippen LogP) is 7.12. The van der Waals surface area contributed by atoms with Crippen LogP contribution in [0.1, 0.15) is 113 Å². The van der Waals surface area contributed by atoms with Crippen LogP contribution >= 0.6 is 0 Å². The monoisotopic (exact) mass is 460 g/mol. The molecule has 0 heterocycles. The highest BCUT2D eigenvalue weighted by Crippen LogP contribution is 2.62. The Morgan fingerprint density at radius 3 is 1.94 bits per heavy atom. The molecule has 0 aromatic heterocycles. The third-order valence-electron chi connectivity index (χ3n) is 9.26. The zero-order valence-electron chi connectivity index (χ0n) is 22.6. The van der Waals surface area contributed by atoms with E-state index in [0.29, 0.717) is 5.92 Å². The van der Waals surface area contributed by atoms with E-state index in [4.69, 9.17) is 5.11 Å². The van der Waals surface area contributed by atoms with Crippen LogP contribution in [0, 0.1) is 22.7 Å². The Labute approximate surface area is 204 Å². The Morgan fingerprint density at radius 1 is 0.818 bits per heavy atom. The lowest BCUT2D eigenvalue weighted by Crippen LogP contribution is -2.60.